The average molecular weight is 443 g/mol. The smallest absolute Gasteiger partial charge is 0.236 e. The zero-order valence-electron chi connectivity index (χ0n) is 17.7. The number of aromatic nitrogens is 3. The van der Waals surface area contributed by atoms with Crippen molar-refractivity contribution in [2.45, 2.75) is 24.7 Å². The number of hydrogen-bond donors (Lipinski definition) is 1. The first kappa shape index (κ1) is 20.4. The summed E-state index contributed by atoms with van der Waals surface area (Å²) < 4.78 is 25.8. The van der Waals surface area contributed by atoms with E-state index in [1.54, 1.807) is 35.0 Å². The minimum atomic E-state index is -3.84. The summed E-state index contributed by atoms with van der Waals surface area (Å²) in [5, 5.41) is 11.3. The molecule has 0 unspecified atom stereocenters. The van der Waals surface area contributed by atoms with E-state index in [0.717, 1.165) is 27.6 Å². The normalized spacial score (nSPS) is 12.1. The van der Waals surface area contributed by atoms with Gasteiger partial charge in [0, 0.05) is 28.9 Å². The Labute approximate surface area is 186 Å². The lowest BCUT2D eigenvalue weighted by Gasteiger charge is -2.10. The largest absolute Gasteiger partial charge is 0.238 e. The monoisotopic (exact) mass is 442 g/mol. The maximum atomic E-state index is 12.0. The van der Waals surface area contributed by atoms with Crippen molar-refractivity contribution in [1.82, 2.24) is 14.6 Å². The van der Waals surface area contributed by atoms with Gasteiger partial charge in [-0.05, 0) is 34.1 Å². The molecule has 2 aromatic heterocycles. The van der Waals surface area contributed by atoms with Crippen LogP contribution >= 0.6 is 0 Å². The Morgan fingerprint density at radius 1 is 0.844 bits per heavy atom. The summed E-state index contributed by atoms with van der Waals surface area (Å²) in [7, 11) is -3.84. The van der Waals surface area contributed by atoms with Crippen LogP contribution in [-0.2, 0) is 10.0 Å². The minimum Gasteiger partial charge on any atom is -0.236 e. The molecule has 0 aliphatic heterocycles. The highest BCUT2D eigenvalue weighted by atomic mass is 32.2. The van der Waals surface area contributed by atoms with Crippen molar-refractivity contribution >= 4 is 26.4 Å². The first-order valence-electron chi connectivity index (χ1n) is 10.3. The SMILES string of the molecule is CC(C)c1ccc(-c2cnc3c(-c4ccc(S(N)(=O)=O)c5ccccc45)cnn3c2)cc1. The van der Waals surface area contributed by atoms with Crippen molar-refractivity contribution in [1.29, 1.82) is 0 Å². The Morgan fingerprint density at radius 2 is 1.56 bits per heavy atom. The summed E-state index contributed by atoms with van der Waals surface area (Å²) in [6.07, 6.45) is 5.55. The predicted molar refractivity (Wildman–Crippen MR) is 127 cm³/mol. The van der Waals surface area contributed by atoms with Crippen LogP contribution < -0.4 is 5.14 Å². The van der Waals surface area contributed by atoms with Crippen LogP contribution in [0.2, 0.25) is 0 Å². The third-order valence-electron chi connectivity index (χ3n) is 5.75. The highest BCUT2D eigenvalue weighted by Crippen LogP contribution is 2.34. The fourth-order valence-electron chi connectivity index (χ4n) is 4.03. The summed E-state index contributed by atoms with van der Waals surface area (Å²) >= 11 is 0. The lowest BCUT2D eigenvalue weighted by Crippen LogP contribution is -2.12. The molecular formula is C25H22N4O2S. The minimum absolute atomic E-state index is 0.105. The van der Waals surface area contributed by atoms with E-state index in [2.05, 4.69) is 48.2 Å². The van der Waals surface area contributed by atoms with E-state index in [1.807, 2.05) is 24.5 Å². The third-order valence-corrected chi connectivity index (χ3v) is 6.72. The van der Waals surface area contributed by atoms with Gasteiger partial charge in [0.05, 0.1) is 11.1 Å². The van der Waals surface area contributed by atoms with Crippen molar-refractivity contribution in [3.05, 3.63) is 84.8 Å². The molecule has 5 rings (SSSR count). The van der Waals surface area contributed by atoms with Crippen molar-refractivity contribution in [3.63, 3.8) is 0 Å². The molecule has 0 bridgehead atoms. The number of nitrogens with zero attached hydrogens (tertiary/aromatic N) is 3. The molecule has 0 radical (unpaired) electrons. The van der Waals surface area contributed by atoms with Gasteiger partial charge in [0.25, 0.3) is 0 Å². The molecule has 32 heavy (non-hydrogen) atoms. The summed E-state index contributed by atoms with van der Waals surface area (Å²) in [6.45, 7) is 4.35. The number of fused-ring (bicyclic) bond motifs is 2. The number of nitrogens with two attached hydrogens (primary N) is 1. The molecule has 0 saturated carbocycles. The fraction of sp³-hybridized carbons (Fsp3) is 0.120. The Balaban J connectivity index is 1.63. The molecule has 2 heterocycles. The van der Waals surface area contributed by atoms with Crippen LogP contribution in [0.3, 0.4) is 0 Å². The quantitative estimate of drug-likeness (QED) is 0.425. The molecule has 6 nitrogen and oxygen atoms in total. The molecule has 0 aliphatic carbocycles. The lowest BCUT2D eigenvalue weighted by molar-refractivity contribution is 0.598. The van der Waals surface area contributed by atoms with Gasteiger partial charge in [-0.3, -0.25) is 0 Å². The molecule has 2 N–H and O–H groups in total. The fourth-order valence-corrected chi connectivity index (χ4v) is 4.77. The first-order valence-corrected chi connectivity index (χ1v) is 11.9. The highest BCUT2D eigenvalue weighted by Gasteiger charge is 2.17. The van der Waals surface area contributed by atoms with Gasteiger partial charge in [-0.2, -0.15) is 5.10 Å². The van der Waals surface area contributed by atoms with E-state index < -0.39 is 10.0 Å². The van der Waals surface area contributed by atoms with Gasteiger partial charge < -0.3 is 0 Å². The van der Waals surface area contributed by atoms with E-state index in [0.29, 0.717) is 17.0 Å². The van der Waals surface area contributed by atoms with Crippen molar-refractivity contribution in [2.24, 2.45) is 5.14 Å². The van der Waals surface area contributed by atoms with Gasteiger partial charge in [-0.15, -0.1) is 0 Å². The lowest BCUT2D eigenvalue weighted by atomic mass is 9.99. The molecular weight excluding hydrogens is 420 g/mol. The van der Waals surface area contributed by atoms with Crippen molar-refractivity contribution in [2.75, 3.05) is 0 Å². The summed E-state index contributed by atoms with van der Waals surface area (Å²) in [6, 6.07) is 19.1. The Hall–Kier alpha value is -3.55. The second-order valence-corrected chi connectivity index (χ2v) is 9.68. The summed E-state index contributed by atoms with van der Waals surface area (Å²) in [5.41, 5.74) is 5.70. The molecule has 0 aliphatic rings. The van der Waals surface area contributed by atoms with E-state index in [1.165, 1.54) is 5.56 Å². The second kappa shape index (κ2) is 7.55. The van der Waals surface area contributed by atoms with Crippen LogP contribution in [0.5, 0.6) is 0 Å². The Morgan fingerprint density at radius 3 is 2.25 bits per heavy atom. The number of sulfonamides is 1. The van der Waals surface area contributed by atoms with Crippen LogP contribution in [0.15, 0.2) is 84.1 Å². The molecule has 0 amide bonds. The maximum absolute atomic E-state index is 12.0. The molecule has 0 saturated heterocycles. The molecule has 0 fully saturated rings. The number of primary sulfonamides is 1. The van der Waals surface area contributed by atoms with Gasteiger partial charge >= 0.3 is 0 Å². The van der Waals surface area contributed by atoms with Crippen LogP contribution in [0.1, 0.15) is 25.3 Å². The van der Waals surface area contributed by atoms with E-state index in [-0.39, 0.29) is 4.90 Å². The number of benzene rings is 3. The van der Waals surface area contributed by atoms with Crippen LogP contribution in [0.25, 0.3) is 38.7 Å². The average Bonchev–Trinajstić information content (AvgIpc) is 3.20. The van der Waals surface area contributed by atoms with E-state index in [4.69, 9.17) is 5.14 Å². The number of hydrogen-bond acceptors (Lipinski definition) is 4. The van der Waals surface area contributed by atoms with Crippen LogP contribution in [-0.4, -0.2) is 23.0 Å². The summed E-state index contributed by atoms with van der Waals surface area (Å²) in [5.74, 6) is 0.480. The van der Waals surface area contributed by atoms with Gasteiger partial charge in [-0.25, -0.2) is 23.1 Å². The van der Waals surface area contributed by atoms with Crippen molar-refractivity contribution < 1.29 is 8.42 Å². The van der Waals surface area contributed by atoms with Gasteiger partial charge in [0.1, 0.15) is 0 Å². The molecule has 5 aromatic rings. The van der Waals surface area contributed by atoms with Gasteiger partial charge in [-0.1, -0.05) is 68.4 Å². The van der Waals surface area contributed by atoms with Crippen LogP contribution in [0, 0.1) is 0 Å². The highest BCUT2D eigenvalue weighted by molar-refractivity contribution is 7.89. The van der Waals surface area contributed by atoms with Crippen molar-refractivity contribution in [3.8, 4) is 22.3 Å². The van der Waals surface area contributed by atoms with E-state index in [9.17, 15) is 8.42 Å². The third kappa shape index (κ3) is 3.45. The first-order chi connectivity index (χ1) is 15.3. The summed E-state index contributed by atoms with van der Waals surface area (Å²) in [4.78, 5) is 4.79. The molecule has 7 heteroatoms. The zero-order chi connectivity index (χ0) is 22.5. The second-order valence-electron chi connectivity index (χ2n) is 8.15. The van der Waals surface area contributed by atoms with Gasteiger partial charge in [0.2, 0.25) is 10.0 Å². The van der Waals surface area contributed by atoms with E-state index >= 15 is 0 Å². The molecule has 160 valence electrons. The number of rotatable bonds is 4. The Kier molecular flexibility index (Phi) is 4.80. The van der Waals surface area contributed by atoms with Gasteiger partial charge in [0.15, 0.2) is 5.65 Å². The topological polar surface area (TPSA) is 90.3 Å². The molecule has 0 atom stereocenters. The Bertz CT molecular complexity index is 1570. The van der Waals surface area contributed by atoms with Crippen LogP contribution in [0.4, 0.5) is 0 Å². The standard InChI is InChI=1S/C25H22N4O2S/c1-16(2)17-7-9-18(10-8-17)19-13-27-25-23(14-28-29(25)15-19)21-11-12-24(32(26,30)31)22-6-4-3-5-20(21)22/h3-16H,1-2H3,(H2,26,30,31). The predicted octanol–water partition coefficient (Wildman–Crippen LogP) is 4.99. The molecule has 3 aromatic carbocycles. The molecule has 0 spiro atoms. The zero-order valence-corrected chi connectivity index (χ0v) is 18.5. The maximum Gasteiger partial charge on any atom is 0.238 e.